The van der Waals surface area contributed by atoms with Crippen molar-refractivity contribution in [2.24, 2.45) is 0 Å². The van der Waals surface area contributed by atoms with E-state index in [1.165, 1.54) is 12.1 Å². The quantitative estimate of drug-likeness (QED) is 0.808. The third-order valence-corrected chi connectivity index (χ3v) is 4.83. The predicted molar refractivity (Wildman–Crippen MR) is 78.4 cm³/mol. The van der Waals surface area contributed by atoms with Crippen LogP contribution in [-0.4, -0.2) is 18.4 Å². The molecular weight excluding hydrogens is 296 g/mol. The van der Waals surface area contributed by atoms with Gasteiger partial charge in [0.25, 0.3) is 0 Å². The first-order chi connectivity index (χ1) is 9.54. The third kappa shape index (κ3) is 2.55. The number of aromatic nitrogens is 2. The maximum atomic E-state index is 12.3. The lowest BCUT2D eigenvalue weighted by Gasteiger charge is -2.02. The monoisotopic (exact) mass is 306 g/mol. The molecule has 0 fully saturated rings. The maximum absolute atomic E-state index is 12.3. The second-order valence-electron chi connectivity index (χ2n) is 4.41. The highest BCUT2D eigenvalue weighted by Crippen LogP contribution is 2.19. The lowest BCUT2D eigenvalue weighted by molar-refractivity contribution is 0.594. The molecule has 0 saturated carbocycles. The number of halogens is 1. The number of nitrogens with zero attached hydrogens (tertiary/aromatic N) is 1. The van der Waals surface area contributed by atoms with Crippen molar-refractivity contribution in [1.29, 1.82) is 0 Å². The summed E-state index contributed by atoms with van der Waals surface area (Å²) in [5, 5.41) is 0.507. The second-order valence-corrected chi connectivity index (χ2v) is 6.84. The van der Waals surface area contributed by atoms with Gasteiger partial charge in [0, 0.05) is 5.02 Å². The van der Waals surface area contributed by atoms with E-state index >= 15 is 0 Å². The normalized spacial score (nSPS) is 11.8. The van der Waals surface area contributed by atoms with E-state index in [1.54, 1.807) is 12.1 Å². The number of H-pyrrole nitrogens is 1. The molecule has 1 heterocycles. The summed E-state index contributed by atoms with van der Waals surface area (Å²) in [5.41, 5.74) is 1.59. The molecule has 0 aliphatic carbocycles. The van der Waals surface area contributed by atoms with Crippen LogP contribution in [0.3, 0.4) is 0 Å². The minimum atomic E-state index is -3.43. The maximum Gasteiger partial charge on any atom is 0.185 e. The van der Waals surface area contributed by atoms with Gasteiger partial charge in [-0.1, -0.05) is 23.7 Å². The van der Waals surface area contributed by atoms with E-state index < -0.39 is 9.84 Å². The van der Waals surface area contributed by atoms with Crippen molar-refractivity contribution in [2.75, 3.05) is 0 Å². The van der Waals surface area contributed by atoms with Crippen LogP contribution in [0.5, 0.6) is 0 Å². The Balaban J connectivity index is 1.94. The summed E-state index contributed by atoms with van der Waals surface area (Å²) in [5.74, 6) is 0.268. The summed E-state index contributed by atoms with van der Waals surface area (Å²) in [6, 6.07) is 13.6. The Morgan fingerprint density at radius 1 is 1.05 bits per heavy atom. The van der Waals surface area contributed by atoms with Crippen LogP contribution in [0.15, 0.2) is 53.4 Å². The average molecular weight is 307 g/mol. The smallest absolute Gasteiger partial charge is 0.185 e. The van der Waals surface area contributed by atoms with Crippen LogP contribution in [0.2, 0.25) is 5.02 Å². The molecule has 6 heteroatoms. The highest BCUT2D eigenvalue weighted by Gasteiger charge is 2.17. The number of para-hydroxylation sites is 2. The molecule has 0 unspecified atom stereocenters. The van der Waals surface area contributed by atoms with Gasteiger partial charge in [-0.25, -0.2) is 13.4 Å². The van der Waals surface area contributed by atoms with Gasteiger partial charge >= 0.3 is 0 Å². The van der Waals surface area contributed by atoms with Gasteiger partial charge in [-0.2, -0.15) is 0 Å². The van der Waals surface area contributed by atoms with Crippen LogP contribution in [0, 0.1) is 0 Å². The Hall–Kier alpha value is -1.85. The number of sulfone groups is 1. The van der Waals surface area contributed by atoms with Crippen molar-refractivity contribution in [1.82, 2.24) is 9.97 Å². The molecule has 0 bridgehead atoms. The van der Waals surface area contributed by atoms with Crippen LogP contribution in [0.25, 0.3) is 11.0 Å². The fourth-order valence-corrected chi connectivity index (χ4v) is 3.32. The fourth-order valence-electron chi connectivity index (χ4n) is 1.98. The summed E-state index contributed by atoms with van der Waals surface area (Å²) >= 11 is 5.76. The summed E-state index contributed by atoms with van der Waals surface area (Å²) in [4.78, 5) is 7.53. The molecule has 3 rings (SSSR count). The fraction of sp³-hybridized carbons (Fsp3) is 0.0714. The van der Waals surface area contributed by atoms with Gasteiger partial charge < -0.3 is 4.98 Å². The number of hydrogen-bond acceptors (Lipinski definition) is 3. The number of nitrogens with one attached hydrogen (secondary N) is 1. The first-order valence-corrected chi connectivity index (χ1v) is 7.99. The van der Waals surface area contributed by atoms with Crippen LogP contribution in [0.4, 0.5) is 0 Å². The van der Waals surface area contributed by atoms with Crippen molar-refractivity contribution in [3.63, 3.8) is 0 Å². The van der Waals surface area contributed by atoms with E-state index in [0.717, 1.165) is 11.0 Å². The molecule has 1 N–H and O–H groups in total. The highest BCUT2D eigenvalue weighted by atomic mass is 35.5. The molecule has 102 valence electrons. The van der Waals surface area contributed by atoms with Gasteiger partial charge in [-0.15, -0.1) is 0 Å². The molecule has 0 radical (unpaired) electrons. The lowest BCUT2D eigenvalue weighted by atomic mass is 10.3. The molecule has 0 spiro atoms. The molecule has 1 aromatic heterocycles. The van der Waals surface area contributed by atoms with E-state index in [1.807, 2.05) is 24.3 Å². The van der Waals surface area contributed by atoms with Crippen LogP contribution >= 0.6 is 11.6 Å². The minimum Gasteiger partial charge on any atom is -0.341 e. The van der Waals surface area contributed by atoms with Crippen LogP contribution < -0.4 is 0 Å². The Labute approximate surface area is 121 Å². The van der Waals surface area contributed by atoms with Gasteiger partial charge in [0.05, 0.1) is 15.9 Å². The first-order valence-electron chi connectivity index (χ1n) is 5.96. The lowest BCUT2D eigenvalue weighted by Crippen LogP contribution is -2.06. The average Bonchev–Trinajstić information content (AvgIpc) is 2.80. The van der Waals surface area contributed by atoms with Crippen molar-refractivity contribution in [3.05, 3.63) is 59.4 Å². The van der Waals surface area contributed by atoms with Gasteiger partial charge in [0.1, 0.15) is 11.6 Å². The van der Waals surface area contributed by atoms with Gasteiger partial charge in [-0.05, 0) is 36.4 Å². The molecule has 0 amide bonds. The van der Waals surface area contributed by atoms with Gasteiger partial charge in [-0.3, -0.25) is 0 Å². The van der Waals surface area contributed by atoms with Crippen molar-refractivity contribution < 1.29 is 8.42 Å². The molecule has 0 aliphatic heterocycles. The number of imidazole rings is 1. The Kier molecular flexibility index (Phi) is 3.23. The topological polar surface area (TPSA) is 62.8 Å². The van der Waals surface area contributed by atoms with E-state index in [9.17, 15) is 8.42 Å². The van der Waals surface area contributed by atoms with E-state index in [-0.39, 0.29) is 10.6 Å². The summed E-state index contributed by atoms with van der Waals surface area (Å²) in [6.07, 6.45) is 0. The molecule has 0 atom stereocenters. The molecule has 20 heavy (non-hydrogen) atoms. The number of fused-ring (bicyclic) bond motifs is 1. The van der Waals surface area contributed by atoms with Crippen molar-refractivity contribution in [2.45, 2.75) is 10.6 Å². The zero-order valence-corrected chi connectivity index (χ0v) is 11.9. The Morgan fingerprint density at radius 3 is 2.45 bits per heavy atom. The molecule has 3 aromatic rings. The number of hydrogen-bond donors (Lipinski definition) is 1. The number of rotatable bonds is 3. The largest absolute Gasteiger partial charge is 0.341 e. The first kappa shape index (κ1) is 13.1. The predicted octanol–water partition coefficient (Wildman–Crippen LogP) is 3.19. The Bertz CT molecular complexity index is 821. The minimum absolute atomic E-state index is 0.163. The third-order valence-electron chi connectivity index (χ3n) is 2.94. The second kappa shape index (κ2) is 4.92. The highest BCUT2D eigenvalue weighted by molar-refractivity contribution is 7.90. The van der Waals surface area contributed by atoms with Crippen molar-refractivity contribution in [3.8, 4) is 0 Å². The Morgan fingerprint density at radius 2 is 1.75 bits per heavy atom. The van der Waals surface area contributed by atoms with Gasteiger partial charge in [0.15, 0.2) is 9.84 Å². The molecule has 0 aliphatic rings. The van der Waals surface area contributed by atoms with E-state index in [4.69, 9.17) is 11.6 Å². The van der Waals surface area contributed by atoms with Crippen LogP contribution in [-0.2, 0) is 15.6 Å². The summed E-state index contributed by atoms with van der Waals surface area (Å²) < 4.78 is 24.6. The number of aromatic amines is 1. The molecule has 2 aromatic carbocycles. The zero-order chi connectivity index (χ0) is 14.2. The summed E-state index contributed by atoms with van der Waals surface area (Å²) in [7, 11) is -3.43. The van der Waals surface area contributed by atoms with E-state index in [0.29, 0.717) is 10.8 Å². The zero-order valence-electron chi connectivity index (χ0n) is 10.4. The van der Waals surface area contributed by atoms with Crippen LogP contribution in [0.1, 0.15) is 5.82 Å². The molecular formula is C14H11ClN2O2S. The molecule has 0 saturated heterocycles. The standard InChI is InChI=1S/C14H11ClN2O2S/c15-10-5-7-11(8-6-10)20(18,19)9-14-16-12-3-1-2-4-13(12)17-14/h1-8H,9H2,(H,16,17). The van der Waals surface area contributed by atoms with Crippen molar-refractivity contribution >= 4 is 32.5 Å². The summed E-state index contributed by atoms with van der Waals surface area (Å²) in [6.45, 7) is 0. The van der Waals surface area contributed by atoms with E-state index in [2.05, 4.69) is 9.97 Å². The molecule has 4 nitrogen and oxygen atoms in total. The SMILES string of the molecule is O=S(=O)(Cc1nc2ccccc2[nH]1)c1ccc(Cl)cc1. The van der Waals surface area contributed by atoms with Gasteiger partial charge in [0.2, 0.25) is 0 Å². The number of benzene rings is 2.